The van der Waals surface area contributed by atoms with Gasteiger partial charge in [0.2, 0.25) is 0 Å². The quantitative estimate of drug-likeness (QED) is 0.707. The van der Waals surface area contributed by atoms with Crippen molar-refractivity contribution in [3.63, 3.8) is 0 Å². The van der Waals surface area contributed by atoms with Gasteiger partial charge in [0, 0.05) is 6.54 Å². The molecule has 1 aromatic carbocycles. The van der Waals surface area contributed by atoms with E-state index in [4.69, 9.17) is 4.74 Å². The van der Waals surface area contributed by atoms with E-state index < -0.39 is 0 Å². The predicted molar refractivity (Wildman–Crippen MR) is 78.4 cm³/mol. The molecule has 102 valence electrons. The summed E-state index contributed by atoms with van der Waals surface area (Å²) in [7, 11) is 0. The first kappa shape index (κ1) is 15.0. The fourth-order valence-corrected chi connectivity index (χ4v) is 2.08. The molecule has 0 amide bonds. The van der Waals surface area contributed by atoms with Gasteiger partial charge in [0.25, 0.3) is 0 Å². The summed E-state index contributed by atoms with van der Waals surface area (Å²) >= 11 is 0. The zero-order valence-corrected chi connectivity index (χ0v) is 12.3. The molecule has 0 aliphatic carbocycles. The number of hydrogen-bond acceptors (Lipinski definition) is 2. The molecular formula is C16H27NO. The zero-order chi connectivity index (χ0) is 13.4. The Bertz CT molecular complexity index is 349. The van der Waals surface area contributed by atoms with Gasteiger partial charge in [-0.25, -0.2) is 0 Å². The first-order valence-corrected chi connectivity index (χ1v) is 7.12. The average Bonchev–Trinajstić information content (AvgIpc) is 2.33. The number of aryl methyl sites for hydroxylation is 2. The second-order valence-electron chi connectivity index (χ2n) is 5.00. The lowest BCUT2D eigenvalue weighted by Gasteiger charge is -2.20. The van der Waals surface area contributed by atoms with Crippen molar-refractivity contribution in [2.45, 2.75) is 53.1 Å². The summed E-state index contributed by atoms with van der Waals surface area (Å²) in [5.41, 5.74) is 2.52. The fraction of sp³-hybridized carbons (Fsp3) is 0.625. The van der Waals surface area contributed by atoms with Crippen LogP contribution in [0.15, 0.2) is 18.2 Å². The highest BCUT2D eigenvalue weighted by molar-refractivity contribution is 5.35. The number of nitrogens with one attached hydrogen (secondary N) is 1. The van der Waals surface area contributed by atoms with Crippen LogP contribution < -0.4 is 10.1 Å². The molecule has 0 aromatic heterocycles. The number of hydrogen-bond donors (Lipinski definition) is 1. The van der Waals surface area contributed by atoms with E-state index in [1.54, 1.807) is 0 Å². The Morgan fingerprint density at radius 2 is 1.94 bits per heavy atom. The summed E-state index contributed by atoms with van der Waals surface area (Å²) < 4.78 is 6.12. The second kappa shape index (κ2) is 8.15. The molecule has 1 atom stereocenters. The lowest BCUT2D eigenvalue weighted by molar-refractivity contribution is 0.185. The lowest BCUT2D eigenvalue weighted by atomic mass is 10.1. The molecule has 0 heterocycles. The third kappa shape index (κ3) is 5.09. The Morgan fingerprint density at radius 3 is 2.56 bits per heavy atom. The van der Waals surface area contributed by atoms with Gasteiger partial charge in [-0.15, -0.1) is 0 Å². The maximum Gasteiger partial charge on any atom is 0.122 e. The Balaban J connectivity index is 2.58. The monoisotopic (exact) mass is 249 g/mol. The van der Waals surface area contributed by atoms with Crippen LogP contribution in [-0.2, 0) is 0 Å². The van der Waals surface area contributed by atoms with Crippen molar-refractivity contribution in [3.8, 4) is 5.75 Å². The molecule has 1 rings (SSSR count). The van der Waals surface area contributed by atoms with Crippen molar-refractivity contribution in [2.24, 2.45) is 0 Å². The summed E-state index contributed by atoms with van der Waals surface area (Å²) in [4.78, 5) is 0. The largest absolute Gasteiger partial charge is 0.489 e. The number of benzene rings is 1. The Kier molecular flexibility index (Phi) is 6.81. The maximum atomic E-state index is 6.12. The van der Waals surface area contributed by atoms with Gasteiger partial charge >= 0.3 is 0 Å². The SMILES string of the molecule is CCCNCC(CCC)Oc1ccc(C)cc1C. The highest BCUT2D eigenvalue weighted by Gasteiger charge is 2.10. The van der Waals surface area contributed by atoms with E-state index in [1.165, 1.54) is 17.5 Å². The van der Waals surface area contributed by atoms with Crippen molar-refractivity contribution in [2.75, 3.05) is 13.1 Å². The third-order valence-electron chi connectivity index (χ3n) is 3.03. The first-order chi connectivity index (χ1) is 8.67. The van der Waals surface area contributed by atoms with Crippen LogP contribution in [0.4, 0.5) is 0 Å². The molecule has 0 bridgehead atoms. The van der Waals surface area contributed by atoms with Crippen LogP contribution >= 0.6 is 0 Å². The molecule has 1 N–H and O–H groups in total. The van der Waals surface area contributed by atoms with Crippen LogP contribution in [0.2, 0.25) is 0 Å². The Hall–Kier alpha value is -1.02. The van der Waals surface area contributed by atoms with Crippen LogP contribution in [0.25, 0.3) is 0 Å². The van der Waals surface area contributed by atoms with Gasteiger partial charge in [0.05, 0.1) is 0 Å². The molecule has 0 saturated carbocycles. The lowest BCUT2D eigenvalue weighted by Crippen LogP contribution is -2.32. The van der Waals surface area contributed by atoms with Crippen molar-refractivity contribution < 1.29 is 4.74 Å². The maximum absolute atomic E-state index is 6.12. The fourth-order valence-electron chi connectivity index (χ4n) is 2.08. The van der Waals surface area contributed by atoms with Crippen LogP contribution in [-0.4, -0.2) is 19.2 Å². The van der Waals surface area contributed by atoms with Crippen LogP contribution in [0, 0.1) is 13.8 Å². The smallest absolute Gasteiger partial charge is 0.122 e. The van der Waals surface area contributed by atoms with Crippen molar-refractivity contribution in [1.82, 2.24) is 5.32 Å². The molecule has 1 unspecified atom stereocenters. The summed E-state index contributed by atoms with van der Waals surface area (Å²) in [6.07, 6.45) is 3.71. The summed E-state index contributed by atoms with van der Waals surface area (Å²) in [6.45, 7) is 10.6. The van der Waals surface area contributed by atoms with Gasteiger partial charge in [-0.05, 0) is 44.9 Å². The van der Waals surface area contributed by atoms with E-state index in [1.807, 2.05) is 0 Å². The highest BCUT2D eigenvalue weighted by Crippen LogP contribution is 2.21. The van der Waals surface area contributed by atoms with Gasteiger partial charge in [0.1, 0.15) is 11.9 Å². The van der Waals surface area contributed by atoms with E-state index in [2.05, 4.69) is 51.2 Å². The molecular weight excluding hydrogens is 222 g/mol. The molecule has 0 fully saturated rings. The minimum atomic E-state index is 0.281. The third-order valence-corrected chi connectivity index (χ3v) is 3.03. The summed E-state index contributed by atoms with van der Waals surface area (Å²) in [5.74, 6) is 1.03. The number of ether oxygens (including phenoxy) is 1. The van der Waals surface area contributed by atoms with E-state index >= 15 is 0 Å². The van der Waals surface area contributed by atoms with E-state index in [-0.39, 0.29) is 6.10 Å². The minimum Gasteiger partial charge on any atom is -0.489 e. The van der Waals surface area contributed by atoms with E-state index in [0.29, 0.717) is 0 Å². The molecule has 0 spiro atoms. The van der Waals surface area contributed by atoms with Crippen molar-refractivity contribution in [3.05, 3.63) is 29.3 Å². The highest BCUT2D eigenvalue weighted by atomic mass is 16.5. The van der Waals surface area contributed by atoms with Crippen LogP contribution in [0.3, 0.4) is 0 Å². The Morgan fingerprint density at radius 1 is 1.17 bits per heavy atom. The van der Waals surface area contributed by atoms with E-state index in [9.17, 15) is 0 Å². The van der Waals surface area contributed by atoms with Crippen molar-refractivity contribution >= 4 is 0 Å². The first-order valence-electron chi connectivity index (χ1n) is 7.12. The van der Waals surface area contributed by atoms with Crippen LogP contribution in [0.1, 0.15) is 44.2 Å². The minimum absolute atomic E-state index is 0.281. The molecule has 2 nitrogen and oxygen atoms in total. The molecule has 0 aliphatic heterocycles. The topological polar surface area (TPSA) is 21.3 Å². The zero-order valence-electron chi connectivity index (χ0n) is 12.3. The van der Waals surface area contributed by atoms with Gasteiger partial charge in [0.15, 0.2) is 0 Å². The summed E-state index contributed by atoms with van der Waals surface area (Å²) in [6, 6.07) is 6.38. The van der Waals surface area contributed by atoms with E-state index in [0.717, 1.165) is 31.7 Å². The number of rotatable bonds is 8. The van der Waals surface area contributed by atoms with Crippen LogP contribution in [0.5, 0.6) is 5.75 Å². The average molecular weight is 249 g/mol. The van der Waals surface area contributed by atoms with Gasteiger partial charge in [-0.2, -0.15) is 0 Å². The predicted octanol–water partition coefficient (Wildman–Crippen LogP) is 3.85. The van der Waals surface area contributed by atoms with Gasteiger partial charge in [-0.1, -0.05) is 38.0 Å². The molecule has 18 heavy (non-hydrogen) atoms. The molecule has 1 aromatic rings. The molecule has 0 aliphatic rings. The summed E-state index contributed by atoms with van der Waals surface area (Å²) in [5, 5.41) is 3.45. The standard InChI is InChI=1S/C16H27NO/c1-5-7-15(12-17-10-6-2)18-16-9-8-13(3)11-14(16)4/h8-9,11,15,17H,5-7,10,12H2,1-4H3. The second-order valence-corrected chi connectivity index (χ2v) is 5.00. The Labute approximate surface area is 112 Å². The molecule has 2 heteroatoms. The normalized spacial score (nSPS) is 12.4. The van der Waals surface area contributed by atoms with Gasteiger partial charge < -0.3 is 10.1 Å². The van der Waals surface area contributed by atoms with Gasteiger partial charge in [-0.3, -0.25) is 0 Å². The molecule has 0 saturated heterocycles. The van der Waals surface area contributed by atoms with Crippen molar-refractivity contribution in [1.29, 1.82) is 0 Å². The molecule has 0 radical (unpaired) electrons.